The summed E-state index contributed by atoms with van der Waals surface area (Å²) in [6, 6.07) is 5.33. The zero-order valence-corrected chi connectivity index (χ0v) is 11.9. The maximum atomic E-state index is 6.19. The SMILES string of the molecule is CCCn1c(C)nc(-c2ccc(Cl)cc2Cl)c1N. The van der Waals surface area contributed by atoms with Crippen LogP contribution < -0.4 is 5.73 Å². The predicted octanol–water partition coefficient (Wildman–Crippen LogP) is 4.16. The highest BCUT2D eigenvalue weighted by molar-refractivity contribution is 6.36. The molecule has 0 aliphatic carbocycles. The van der Waals surface area contributed by atoms with Gasteiger partial charge in [0.25, 0.3) is 0 Å². The van der Waals surface area contributed by atoms with Crippen molar-refractivity contribution in [1.82, 2.24) is 9.55 Å². The first-order valence-electron chi connectivity index (χ1n) is 5.82. The number of aryl methyl sites for hydroxylation is 1. The molecule has 0 unspecified atom stereocenters. The second-order valence-corrected chi connectivity index (χ2v) is 5.01. The molecule has 0 bridgehead atoms. The lowest BCUT2D eigenvalue weighted by Crippen LogP contribution is -2.04. The molecule has 1 heterocycles. The number of benzene rings is 1. The summed E-state index contributed by atoms with van der Waals surface area (Å²) in [6.45, 7) is 4.91. The van der Waals surface area contributed by atoms with Crippen LogP contribution in [0.4, 0.5) is 5.82 Å². The van der Waals surface area contributed by atoms with Crippen LogP contribution in [-0.4, -0.2) is 9.55 Å². The molecule has 0 saturated heterocycles. The molecule has 0 aliphatic heterocycles. The normalized spacial score (nSPS) is 10.9. The minimum absolute atomic E-state index is 0.565. The Kier molecular flexibility index (Phi) is 3.83. The van der Waals surface area contributed by atoms with E-state index in [9.17, 15) is 0 Å². The lowest BCUT2D eigenvalue weighted by Gasteiger charge is -2.06. The van der Waals surface area contributed by atoms with E-state index >= 15 is 0 Å². The first kappa shape index (κ1) is 13.2. The Labute approximate surface area is 117 Å². The van der Waals surface area contributed by atoms with Crippen molar-refractivity contribution in [2.45, 2.75) is 26.8 Å². The Hall–Kier alpha value is -1.19. The van der Waals surface area contributed by atoms with Gasteiger partial charge in [0, 0.05) is 17.1 Å². The van der Waals surface area contributed by atoms with Crippen LogP contribution in [0.3, 0.4) is 0 Å². The van der Waals surface area contributed by atoms with Gasteiger partial charge in [0.1, 0.15) is 17.3 Å². The van der Waals surface area contributed by atoms with Crippen LogP contribution in [0, 0.1) is 6.92 Å². The number of nitrogens with zero attached hydrogens (tertiary/aromatic N) is 2. The van der Waals surface area contributed by atoms with Crippen molar-refractivity contribution in [3.05, 3.63) is 34.1 Å². The highest BCUT2D eigenvalue weighted by atomic mass is 35.5. The molecule has 5 heteroatoms. The number of hydrogen-bond acceptors (Lipinski definition) is 2. The van der Waals surface area contributed by atoms with Crippen LogP contribution in [0.1, 0.15) is 19.2 Å². The highest BCUT2D eigenvalue weighted by Gasteiger charge is 2.15. The standard InChI is InChI=1S/C13H15Cl2N3/c1-3-6-18-8(2)17-12(13(18)16)10-5-4-9(14)7-11(10)15/h4-5,7H,3,6,16H2,1-2H3. The largest absolute Gasteiger partial charge is 0.383 e. The quantitative estimate of drug-likeness (QED) is 0.919. The van der Waals surface area contributed by atoms with E-state index in [-0.39, 0.29) is 0 Å². The number of hydrogen-bond donors (Lipinski definition) is 1. The average Bonchev–Trinajstić information content (AvgIpc) is 2.58. The zero-order valence-electron chi connectivity index (χ0n) is 10.4. The number of halogens is 2. The zero-order chi connectivity index (χ0) is 13.3. The van der Waals surface area contributed by atoms with E-state index in [1.807, 2.05) is 17.6 Å². The van der Waals surface area contributed by atoms with Gasteiger partial charge in [-0.2, -0.15) is 0 Å². The molecule has 2 aromatic rings. The molecule has 0 radical (unpaired) electrons. The number of imidazole rings is 1. The van der Waals surface area contributed by atoms with Crippen molar-refractivity contribution in [2.24, 2.45) is 0 Å². The third-order valence-electron chi connectivity index (χ3n) is 2.83. The molecule has 1 aromatic carbocycles. The van der Waals surface area contributed by atoms with Crippen molar-refractivity contribution < 1.29 is 0 Å². The third kappa shape index (κ3) is 2.33. The number of nitrogens with two attached hydrogens (primary N) is 1. The van der Waals surface area contributed by atoms with Gasteiger partial charge in [0.2, 0.25) is 0 Å². The van der Waals surface area contributed by atoms with Gasteiger partial charge in [-0.25, -0.2) is 4.98 Å². The maximum absolute atomic E-state index is 6.19. The summed E-state index contributed by atoms with van der Waals surface area (Å²) in [5.41, 5.74) is 7.68. The minimum Gasteiger partial charge on any atom is -0.383 e. The van der Waals surface area contributed by atoms with Crippen LogP contribution in [0.2, 0.25) is 10.0 Å². The third-order valence-corrected chi connectivity index (χ3v) is 3.38. The van der Waals surface area contributed by atoms with Crippen molar-refractivity contribution in [2.75, 3.05) is 5.73 Å². The Balaban J connectivity index is 2.54. The summed E-state index contributed by atoms with van der Waals surface area (Å²) in [4.78, 5) is 4.50. The molecule has 0 fully saturated rings. The fraction of sp³-hybridized carbons (Fsp3) is 0.308. The van der Waals surface area contributed by atoms with Crippen LogP contribution in [0.15, 0.2) is 18.2 Å². The van der Waals surface area contributed by atoms with Crippen molar-refractivity contribution >= 4 is 29.0 Å². The Morgan fingerprint density at radius 2 is 2.06 bits per heavy atom. The van der Waals surface area contributed by atoms with E-state index in [0.29, 0.717) is 15.9 Å². The van der Waals surface area contributed by atoms with Gasteiger partial charge in [-0.1, -0.05) is 30.1 Å². The van der Waals surface area contributed by atoms with Crippen molar-refractivity contribution in [3.8, 4) is 11.3 Å². The molecule has 0 atom stereocenters. The smallest absolute Gasteiger partial charge is 0.131 e. The Morgan fingerprint density at radius 1 is 1.33 bits per heavy atom. The fourth-order valence-electron chi connectivity index (χ4n) is 1.97. The number of rotatable bonds is 3. The summed E-state index contributed by atoms with van der Waals surface area (Å²) in [7, 11) is 0. The topological polar surface area (TPSA) is 43.8 Å². The second kappa shape index (κ2) is 5.21. The Morgan fingerprint density at radius 3 is 2.67 bits per heavy atom. The average molecular weight is 284 g/mol. The summed E-state index contributed by atoms with van der Waals surface area (Å²) < 4.78 is 2.00. The van der Waals surface area contributed by atoms with E-state index in [0.717, 1.165) is 30.0 Å². The lowest BCUT2D eigenvalue weighted by atomic mass is 10.1. The molecule has 0 amide bonds. The van der Waals surface area contributed by atoms with Crippen LogP contribution in [0.5, 0.6) is 0 Å². The van der Waals surface area contributed by atoms with Gasteiger partial charge >= 0.3 is 0 Å². The first-order valence-corrected chi connectivity index (χ1v) is 6.58. The molecule has 3 nitrogen and oxygen atoms in total. The lowest BCUT2D eigenvalue weighted by molar-refractivity contribution is 0.665. The van der Waals surface area contributed by atoms with Crippen LogP contribution >= 0.6 is 23.2 Å². The summed E-state index contributed by atoms with van der Waals surface area (Å²) >= 11 is 12.1. The maximum Gasteiger partial charge on any atom is 0.131 e. The summed E-state index contributed by atoms with van der Waals surface area (Å²) in [5, 5.41) is 1.17. The van der Waals surface area contributed by atoms with Gasteiger partial charge in [-0.3, -0.25) is 0 Å². The van der Waals surface area contributed by atoms with Crippen LogP contribution in [-0.2, 0) is 6.54 Å². The molecule has 0 aliphatic rings. The molecule has 96 valence electrons. The van der Waals surface area contributed by atoms with E-state index in [1.165, 1.54) is 0 Å². The molecular formula is C13H15Cl2N3. The van der Waals surface area contributed by atoms with E-state index in [2.05, 4.69) is 11.9 Å². The van der Waals surface area contributed by atoms with E-state index in [1.54, 1.807) is 12.1 Å². The van der Waals surface area contributed by atoms with E-state index in [4.69, 9.17) is 28.9 Å². The monoisotopic (exact) mass is 283 g/mol. The van der Waals surface area contributed by atoms with Gasteiger partial charge in [0.15, 0.2) is 0 Å². The predicted molar refractivity (Wildman–Crippen MR) is 77.1 cm³/mol. The number of nitrogen functional groups attached to an aromatic ring is 1. The minimum atomic E-state index is 0.565. The van der Waals surface area contributed by atoms with Crippen LogP contribution in [0.25, 0.3) is 11.3 Å². The fourth-order valence-corrected chi connectivity index (χ4v) is 2.47. The highest BCUT2D eigenvalue weighted by Crippen LogP contribution is 2.33. The first-order chi connectivity index (χ1) is 8.54. The Bertz CT molecular complexity index is 576. The van der Waals surface area contributed by atoms with Gasteiger partial charge < -0.3 is 10.3 Å². The van der Waals surface area contributed by atoms with Gasteiger partial charge in [-0.05, 0) is 31.5 Å². The number of aromatic nitrogens is 2. The second-order valence-electron chi connectivity index (χ2n) is 4.17. The number of anilines is 1. The molecule has 1 aromatic heterocycles. The molecule has 18 heavy (non-hydrogen) atoms. The summed E-state index contributed by atoms with van der Waals surface area (Å²) in [6.07, 6.45) is 1.01. The van der Waals surface area contributed by atoms with E-state index < -0.39 is 0 Å². The summed E-state index contributed by atoms with van der Waals surface area (Å²) in [5.74, 6) is 1.55. The molecular weight excluding hydrogens is 269 g/mol. The van der Waals surface area contributed by atoms with Gasteiger partial charge in [-0.15, -0.1) is 0 Å². The molecule has 0 spiro atoms. The molecule has 0 saturated carbocycles. The van der Waals surface area contributed by atoms with Crippen molar-refractivity contribution in [3.63, 3.8) is 0 Å². The van der Waals surface area contributed by atoms with Gasteiger partial charge in [0.05, 0.1) is 5.02 Å². The van der Waals surface area contributed by atoms with Crippen molar-refractivity contribution in [1.29, 1.82) is 0 Å². The molecule has 2 N–H and O–H groups in total. The molecule has 2 rings (SSSR count).